The molecular weight excluding hydrogens is 451 g/mol. The fourth-order valence-electron chi connectivity index (χ4n) is 5.60. The summed E-state index contributed by atoms with van der Waals surface area (Å²) in [7, 11) is 0. The molecule has 4 aromatic rings. The number of halogens is 3. The predicted molar refractivity (Wildman–Crippen MR) is 116 cm³/mol. The molecule has 8 nitrogen and oxygen atoms in total. The number of hydrogen-bond acceptors (Lipinski definition) is 6. The Labute approximate surface area is 190 Å². The molecule has 3 fully saturated rings. The highest BCUT2D eigenvalue weighted by molar-refractivity contribution is 5.94. The van der Waals surface area contributed by atoms with Crippen LogP contribution in [0.2, 0.25) is 0 Å². The molecular formula is C23H20F3N5O3. The quantitative estimate of drug-likeness (QED) is 0.380. The van der Waals surface area contributed by atoms with E-state index in [-0.39, 0.29) is 34.7 Å². The first kappa shape index (κ1) is 20.9. The Balaban J connectivity index is 1.45. The number of alkyl halides is 3. The smallest absolute Gasteiger partial charge is 0.417 e. The second-order valence-electron chi connectivity index (χ2n) is 9.06. The first-order valence-electron chi connectivity index (χ1n) is 11.1. The molecule has 0 unspecified atom stereocenters. The third kappa shape index (κ3) is 3.29. The number of rotatable bonds is 4. The molecule has 0 radical (unpaired) electrons. The number of aromatic nitrogens is 4. The second-order valence-corrected chi connectivity index (χ2v) is 9.06. The van der Waals surface area contributed by atoms with Crippen molar-refractivity contribution in [3.05, 3.63) is 36.4 Å². The summed E-state index contributed by atoms with van der Waals surface area (Å²) >= 11 is 0. The number of nitrogens with zero attached hydrogens (tertiary/aromatic N) is 3. The molecule has 4 heterocycles. The zero-order valence-electron chi connectivity index (χ0n) is 17.8. The Kier molecular flexibility index (Phi) is 4.58. The van der Waals surface area contributed by atoms with Gasteiger partial charge in [-0.05, 0) is 43.6 Å². The van der Waals surface area contributed by atoms with Gasteiger partial charge in [0.1, 0.15) is 11.2 Å². The summed E-state index contributed by atoms with van der Waals surface area (Å²) in [6.07, 6.45) is 2.90. The summed E-state index contributed by atoms with van der Waals surface area (Å²) in [5.41, 5.74) is 0.618. The van der Waals surface area contributed by atoms with Gasteiger partial charge in [0.2, 0.25) is 0 Å². The van der Waals surface area contributed by atoms with E-state index < -0.39 is 23.6 Å². The monoisotopic (exact) mass is 471 g/mol. The molecule has 0 saturated heterocycles. The van der Waals surface area contributed by atoms with Crippen LogP contribution in [0.1, 0.15) is 31.2 Å². The number of carbonyl (C=O) groups is 1. The van der Waals surface area contributed by atoms with E-state index in [1.165, 1.54) is 12.5 Å². The maximum Gasteiger partial charge on any atom is 0.417 e. The van der Waals surface area contributed by atoms with Gasteiger partial charge in [0, 0.05) is 35.5 Å². The standard InChI is InChI=1S/C23H20F3N5O3/c24-23(25,26)12-7-13-14(9-28-19(13)27-8-12)20-29-15-5-6-34-18(15)21(31-20)30-17-11-3-1-10(2-4-11)16(17)22(32)33/h5-11,16-17H,1-4H2,(H,27,28)(H,32,33)(H,29,30,31)/t10?,11?,16-,17-/m0/s1. The van der Waals surface area contributed by atoms with Crippen LogP contribution < -0.4 is 5.32 Å². The first-order chi connectivity index (χ1) is 16.3. The summed E-state index contributed by atoms with van der Waals surface area (Å²) in [6, 6.07) is 2.34. The molecule has 176 valence electrons. The fourth-order valence-corrected chi connectivity index (χ4v) is 5.60. The van der Waals surface area contributed by atoms with Gasteiger partial charge in [-0.15, -0.1) is 0 Å². The van der Waals surface area contributed by atoms with Gasteiger partial charge in [-0.25, -0.2) is 15.0 Å². The molecule has 0 aliphatic heterocycles. The topological polar surface area (TPSA) is 117 Å². The Bertz CT molecular complexity index is 1400. The number of fused-ring (bicyclic) bond motifs is 5. The molecule has 2 atom stereocenters. The molecule has 3 aliphatic carbocycles. The van der Waals surface area contributed by atoms with E-state index in [4.69, 9.17) is 4.42 Å². The average molecular weight is 471 g/mol. The van der Waals surface area contributed by atoms with E-state index in [1.807, 2.05) is 0 Å². The Morgan fingerprint density at radius 1 is 1.18 bits per heavy atom. The van der Waals surface area contributed by atoms with Gasteiger partial charge in [0.15, 0.2) is 17.2 Å². The highest BCUT2D eigenvalue weighted by Crippen LogP contribution is 2.47. The van der Waals surface area contributed by atoms with Crippen molar-refractivity contribution in [2.24, 2.45) is 17.8 Å². The lowest BCUT2D eigenvalue weighted by atomic mass is 9.61. The first-order valence-corrected chi connectivity index (χ1v) is 11.1. The lowest BCUT2D eigenvalue weighted by Crippen LogP contribution is -2.51. The molecule has 34 heavy (non-hydrogen) atoms. The van der Waals surface area contributed by atoms with E-state index in [0.717, 1.165) is 37.9 Å². The zero-order chi connectivity index (χ0) is 23.6. The molecule has 3 N–H and O–H groups in total. The number of anilines is 1. The van der Waals surface area contributed by atoms with E-state index in [2.05, 4.69) is 25.3 Å². The van der Waals surface area contributed by atoms with Crippen molar-refractivity contribution in [3.63, 3.8) is 0 Å². The second kappa shape index (κ2) is 7.44. The Morgan fingerprint density at radius 3 is 2.68 bits per heavy atom. The molecule has 0 aromatic carbocycles. The molecule has 7 rings (SSSR count). The fraction of sp³-hybridized carbons (Fsp3) is 0.391. The number of nitrogens with one attached hydrogen (secondary N) is 2. The van der Waals surface area contributed by atoms with Crippen LogP contribution in [0.3, 0.4) is 0 Å². The summed E-state index contributed by atoms with van der Waals surface area (Å²) in [4.78, 5) is 27.9. The summed E-state index contributed by atoms with van der Waals surface area (Å²) in [5.74, 6) is -0.545. The number of H-pyrrole nitrogens is 1. The predicted octanol–water partition coefficient (Wildman–Crippen LogP) is 5.09. The van der Waals surface area contributed by atoms with E-state index in [1.54, 1.807) is 6.07 Å². The number of pyridine rings is 1. The van der Waals surface area contributed by atoms with Gasteiger partial charge in [-0.1, -0.05) is 0 Å². The molecule has 11 heteroatoms. The lowest BCUT2D eigenvalue weighted by Gasteiger charge is -2.47. The highest BCUT2D eigenvalue weighted by atomic mass is 19.4. The summed E-state index contributed by atoms with van der Waals surface area (Å²) in [6.45, 7) is 0. The number of carboxylic acid groups (broad SMARTS) is 1. The minimum Gasteiger partial charge on any atom is -0.481 e. The third-order valence-corrected chi connectivity index (χ3v) is 7.21. The number of carboxylic acids is 1. The van der Waals surface area contributed by atoms with Crippen LogP contribution in [0.4, 0.5) is 19.0 Å². The normalized spacial score (nSPS) is 24.7. The van der Waals surface area contributed by atoms with Crippen LogP contribution in [0.15, 0.2) is 35.2 Å². The molecule has 3 saturated carbocycles. The molecule has 3 aliphatic rings. The molecule has 0 spiro atoms. The van der Waals surface area contributed by atoms with Crippen molar-refractivity contribution in [2.75, 3.05) is 5.32 Å². The average Bonchev–Trinajstić information content (AvgIpc) is 3.45. The van der Waals surface area contributed by atoms with Crippen molar-refractivity contribution in [3.8, 4) is 11.4 Å². The van der Waals surface area contributed by atoms with Crippen LogP contribution in [0.25, 0.3) is 33.5 Å². The SMILES string of the molecule is O=C(O)[C@H]1C2CCC(CC2)[C@@H]1Nc1nc(-c2c[nH]c3ncc(C(F)(F)F)cc23)nc2ccoc12. The van der Waals surface area contributed by atoms with E-state index in [9.17, 15) is 23.1 Å². The minimum atomic E-state index is -4.54. The maximum atomic E-state index is 13.3. The summed E-state index contributed by atoms with van der Waals surface area (Å²) in [5, 5.41) is 13.5. The van der Waals surface area contributed by atoms with Crippen LogP contribution >= 0.6 is 0 Å². The number of furan rings is 1. The van der Waals surface area contributed by atoms with Gasteiger partial charge >= 0.3 is 12.1 Å². The molecule has 4 aromatic heterocycles. The molecule has 2 bridgehead atoms. The third-order valence-electron chi connectivity index (χ3n) is 7.21. The Hall–Kier alpha value is -3.63. The zero-order valence-corrected chi connectivity index (χ0v) is 17.8. The lowest BCUT2D eigenvalue weighted by molar-refractivity contribution is -0.148. The number of hydrogen-bond donors (Lipinski definition) is 3. The van der Waals surface area contributed by atoms with Crippen LogP contribution in [0, 0.1) is 17.8 Å². The maximum absolute atomic E-state index is 13.3. The number of aromatic amines is 1. The highest BCUT2D eigenvalue weighted by Gasteiger charge is 2.47. The summed E-state index contributed by atoms with van der Waals surface area (Å²) < 4.78 is 45.4. The largest absolute Gasteiger partial charge is 0.481 e. The molecule has 0 amide bonds. The van der Waals surface area contributed by atoms with Crippen LogP contribution in [0.5, 0.6) is 0 Å². The van der Waals surface area contributed by atoms with Gasteiger partial charge in [0.05, 0.1) is 17.7 Å². The van der Waals surface area contributed by atoms with Gasteiger partial charge < -0.3 is 19.8 Å². The van der Waals surface area contributed by atoms with Gasteiger partial charge in [-0.2, -0.15) is 13.2 Å². The van der Waals surface area contributed by atoms with E-state index >= 15 is 0 Å². The van der Waals surface area contributed by atoms with Crippen LogP contribution in [-0.4, -0.2) is 37.1 Å². The van der Waals surface area contributed by atoms with E-state index in [0.29, 0.717) is 22.5 Å². The van der Waals surface area contributed by atoms with Gasteiger partial charge in [0.25, 0.3) is 0 Å². The van der Waals surface area contributed by atoms with Crippen LogP contribution in [-0.2, 0) is 11.0 Å². The van der Waals surface area contributed by atoms with Crippen molar-refractivity contribution in [1.29, 1.82) is 0 Å². The Morgan fingerprint density at radius 2 is 1.94 bits per heavy atom. The van der Waals surface area contributed by atoms with Crippen molar-refractivity contribution in [2.45, 2.75) is 37.9 Å². The van der Waals surface area contributed by atoms with Crippen molar-refractivity contribution < 1.29 is 27.5 Å². The number of aliphatic carboxylic acids is 1. The van der Waals surface area contributed by atoms with Crippen molar-refractivity contribution >= 4 is 33.9 Å². The van der Waals surface area contributed by atoms with Crippen molar-refractivity contribution in [1.82, 2.24) is 19.9 Å². The minimum absolute atomic E-state index is 0.105. The van der Waals surface area contributed by atoms with Gasteiger partial charge in [-0.3, -0.25) is 4.79 Å².